The Morgan fingerprint density at radius 1 is 1.26 bits per heavy atom. The fraction of sp³-hybridized carbons (Fsp3) is 0.611. The molecule has 0 radical (unpaired) electrons. The molecule has 2 fully saturated rings. The van der Waals surface area contributed by atoms with Gasteiger partial charge in [-0.25, -0.2) is 4.98 Å². The number of rotatable bonds is 2. The molecule has 1 amide bonds. The molecule has 23 heavy (non-hydrogen) atoms. The van der Waals surface area contributed by atoms with Gasteiger partial charge < -0.3 is 9.42 Å². The van der Waals surface area contributed by atoms with Gasteiger partial charge in [-0.2, -0.15) is 0 Å². The van der Waals surface area contributed by atoms with Gasteiger partial charge in [-0.05, 0) is 44.1 Å². The van der Waals surface area contributed by atoms with Gasteiger partial charge in [0.05, 0.1) is 16.6 Å². The number of fused-ring (bicyclic) bond motifs is 1. The molecular formula is C18H23N3O2. The van der Waals surface area contributed by atoms with Gasteiger partial charge in [-0.3, -0.25) is 4.79 Å². The zero-order valence-electron chi connectivity index (χ0n) is 14.0. The number of hydrogen-bond acceptors (Lipinski definition) is 4. The van der Waals surface area contributed by atoms with Crippen LogP contribution in [0.15, 0.2) is 10.6 Å². The van der Waals surface area contributed by atoms with Crippen LogP contribution in [0.1, 0.15) is 60.8 Å². The molecule has 1 aliphatic carbocycles. The van der Waals surface area contributed by atoms with Gasteiger partial charge in [0.1, 0.15) is 0 Å². The van der Waals surface area contributed by atoms with Crippen LogP contribution in [0.25, 0.3) is 11.1 Å². The molecule has 1 saturated carbocycles. The Morgan fingerprint density at radius 2 is 1.96 bits per heavy atom. The van der Waals surface area contributed by atoms with Gasteiger partial charge in [0.15, 0.2) is 0 Å². The maximum Gasteiger partial charge on any atom is 0.259 e. The molecular weight excluding hydrogens is 290 g/mol. The molecule has 1 saturated heterocycles. The molecule has 122 valence electrons. The lowest BCUT2D eigenvalue weighted by Gasteiger charge is -2.35. The number of aryl methyl sites for hydroxylation is 1. The van der Waals surface area contributed by atoms with Crippen molar-refractivity contribution in [2.45, 2.75) is 46.0 Å². The van der Waals surface area contributed by atoms with E-state index in [4.69, 9.17) is 4.52 Å². The summed E-state index contributed by atoms with van der Waals surface area (Å²) in [6.45, 7) is 7.98. The van der Waals surface area contributed by atoms with Crippen LogP contribution in [0, 0.1) is 18.8 Å². The Morgan fingerprint density at radius 3 is 2.61 bits per heavy atom. The largest absolute Gasteiger partial charge is 0.338 e. The molecule has 3 heterocycles. The predicted octanol–water partition coefficient (Wildman–Crippen LogP) is 3.53. The second kappa shape index (κ2) is 5.32. The summed E-state index contributed by atoms with van der Waals surface area (Å²) in [5, 5.41) is 4.81. The van der Waals surface area contributed by atoms with Crippen LogP contribution in [-0.2, 0) is 0 Å². The van der Waals surface area contributed by atoms with Crippen molar-refractivity contribution in [3.8, 4) is 0 Å². The smallest absolute Gasteiger partial charge is 0.259 e. The highest BCUT2D eigenvalue weighted by Gasteiger charge is 2.31. The van der Waals surface area contributed by atoms with Crippen LogP contribution in [0.5, 0.6) is 0 Å². The van der Waals surface area contributed by atoms with Crippen LogP contribution in [-0.4, -0.2) is 34.0 Å². The molecule has 2 atom stereocenters. The third-order valence-corrected chi connectivity index (χ3v) is 5.02. The molecule has 2 aromatic heterocycles. The molecule has 1 aliphatic heterocycles. The van der Waals surface area contributed by atoms with Gasteiger partial charge >= 0.3 is 0 Å². The third kappa shape index (κ3) is 2.62. The number of aromatic nitrogens is 2. The van der Waals surface area contributed by atoms with Crippen LogP contribution >= 0.6 is 0 Å². The number of likely N-dealkylation sites (tertiary alicyclic amines) is 1. The second-order valence-corrected chi connectivity index (χ2v) is 7.47. The van der Waals surface area contributed by atoms with Crippen molar-refractivity contribution in [3.05, 3.63) is 23.0 Å². The Bertz CT molecular complexity index is 753. The number of amides is 1. The Hall–Kier alpha value is -1.91. The number of carbonyl (C=O) groups is 1. The van der Waals surface area contributed by atoms with E-state index in [-0.39, 0.29) is 5.91 Å². The van der Waals surface area contributed by atoms with E-state index in [0.717, 1.165) is 48.3 Å². The lowest BCUT2D eigenvalue weighted by atomic mass is 9.91. The van der Waals surface area contributed by atoms with Crippen LogP contribution in [0.3, 0.4) is 0 Å². The van der Waals surface area contributed by atoms with E-state index in [2.05, 4.69) is 24.0 Å². The minimum Gasteiger partial charge on any atom is -0.338 e. The molecule has 5 nitrogen and oxygen atoms in total. The summed E-state index contributed by atoms with van der Waals surface area (Å²) in [4.78, 5) is 19.8. The number of pyridine rings is 1. The van der Waals surface area contributed by atoms with Gasteiger partial charge in [-0.1, -0.05) is 19.0 Å². The Kier molecular flexibility index (Phi) is 3.39. The fourth-order valence-corrected chi connectivity index (χ4v) is 3.87. The standard InChI is InChI=1S/C18H23N3O2/c1-10-6-11(2)9-21(8-10)18(22)14-7-15(13-4-5-13)19-17-16(14)12(3)20-23-17/h7,10-11,13H,4-6,8-9H2,1-3H3. The van der Waals surface area contributed by atoms with Gasteiger partial charge in [0, 0.05) is 24.7 Å². The van der Waals surface area contributed by atoms with Crippen molar-refractivity contribution in [1.82, 2.24) is 15.0 Å². The lowest BCUT2D eigenvalue weighted by Crippen LogP contribution is -2.42. The van der Waals surface area contributed by atoms with Crippen LogP contribution < -0.4 is 0 Å². The zero-order valence-corrected chi connectivity index (χ0v) is 14.0. The van der Waals surface area contributed by atoms with Crippen molar-refractivity contribution in [2.75, 3.05) is 13.1 Å². The molecule has 0 aromatic carbocycles. The van der Waals surface area contributed by atoms with E-state index in [0.29, 0.717) is 23.5 Å². The number of carbonyl (C=O) groups excluding carboxylic acids is 1. The second-order valence-electron chi connectivity index (χ2n) is 7.47. The van der Waals surface area contributed by atoms with E-state index in [1.165, 1.54) is 6.42 Å². The Balaban J connectivity index is 1.77. The monoisotopic (exact) mass is 313 g/mol. The van der Waals surface area contributed by atoms with Crippen molar-refractivity contribution in [3.63, 3.8) is 0 Å². The van der Waals surface area contributed by atoms with Gasteiger partial charge in [-0.15, -0.1) is 0 Å². The van der Waals surface area contributed by atoms with Crippen LogP contribution in [0.2, 0.25) is 0 Å². The van der Waals surface area contributed by atoms with E-state index < -0.39 is 0 Å². The van der Waals surface area contributed by atoms with Gasteiger partial charge in [0.25, 0.3) is 11.6 Å². The molecule has 2 unspecified atom stereocenters. The highest BCUT2D eigenvalue weighted by atomic mass is 16.5. The maximum atomic E-state index is 13.2. The van der Waals surface area contributed by atoms with E-state index in [1.807, 2.05) is 17.9 Å². The first-order chi connectivity index (χ1) is 11.0. The minimum atomic E-state index is 0.101. The summed E-state index contributed by atoms with van der Waals surface area (Å²) in [6, 6.07) is 1.98. The topological polar surface area (TPSA) is 59.2 Å². The van der Waals surface area contributed by atoms with E-state index in [9.17, 15) is 4.79 Å². The molecule has 0 spiro atoms. The normalized spacial score (nSPS) is 25.1. The van der Waals surface area contributed by atoms with Crippen molar-refractivity contribution in [1.29, 1.82) is 0 Å². The lowest BCUT2D eigenvalue weighted by molar-refractivity contribution is 0.0625. The van der Waals surface area contributed by atoms with Crippen molar-refractivity contribution < 1.29 is 9.32 Å². The summed E-state index contributed by atoms with van der Waals surface area (Å²) in [5.74, 6) is 1.68. The average molecular weight is 313 g/mol. The van der Waals surface area contributed by atoms with Crippen LogP contribution in [0.4, 0.5) is 0 Å². The first-order valence-corrected chi connectivity index (χ1v) is 8.59. The molecule has 0 bridgehead atoms. The number of hydrogen-bond donors (Lipinski definition) is 0. The van der Waals surface area contributed by atoms with E-state index >= 15 is 0 Å². The number of nitrogens with zero attached hydrogens (tertiary/aromatic N) is 3. The fourth-order valence-electron chi connectivity index (χ4n) is 3.87. The summed E-state index contributed by atoms with van der Waals surface area (Å²) >= 11 is 0. The third-order valence-electron chi connectivity index (χ3n) is 5.02. The highest BCUT2D eigenvalue weighted by Crippen LogP contribution is 2.40. The maximum absolute atomic E-state index is 13.2. The average Bonchev–Trinajstić information content (AvgIpc) is 3.29. The Labute approximate surface area is 136 Å². The molecule has 0 N–H and O–H groups in total. The SMILES string of the molecule is Cc1noc2nc(C3CC3)cc(C(=O)N3CC(C)CC(C)C3)c12. The summed E-state index contributed by atoms with van der Waals surface area (Å²) in [5.41, 5.74) is 2.96. The summed E-state index contributed by atoms with van der Waals surface area (Å²) < 4.78 is 5.36. The van der Waals surface area contributed by atoms with Crippen molar-refractivity contribution in [2.24, 2.45) is 11.8 Å². The molecule has 4 rings (SSSR count). The number of piperidine rings is 1. The zero-order chi connectivity index (χ0) is 16.1. The van der Waals surface area contributed by atoms with Gasteiger partial charge in [0.2, 0.25) is 0 Å². The molecule has 2 aromatic rings. The molecule has 5 heteroatoms. The van der Waals surface area contributed by atoms with Crippen molar-refractivity contribution >= 4 is 17.0 Å². The quantitative estimate of drug-likeness (QED) is 0.851. The van der Waals surface area contributed by atoms with E-state index in [1.54, 1.807) is 0 Å². The predicted molar refractivity (Wildman–Crippen MR) is 87.4 cm³/mol. The highest BCUT2D eigenvalue weighted by molar-refractivity contribution is 6.06. The minimum absolute atomic E-state index is 0.101. The summed E-state index contributed by atoms with van der Waals surface area (Å²) in [6.07, 6.45) is 3.49. The first kappa shape index (κ1) is 14.7. The molecule has 2 aliphatic rings. The first-order valence-electron chi connectivity index (χ1n) is 8.59. The summed E-state index contributed by atoms with van der Waals surface area (Å²) in [7, 11) is 0.